The van der Waals surface area contributed by atoms with E-state index in [-0.39, 0.29) is 6.42 Å². The van der Waals surface area contributed by atoms with Gasteiger partial charge in [-0.2, -0.15) is 0 Å². The van der Waals surface area contributed by atoms with Gasteiger partial charge in [0.05, 0.1) is 12.1 Å². The molecule has 0 unspecified atom stereocenters. The van der Waals surface area contributed by atoms with Gasteiger partial charge in [0, 0.05) is 0 Å². The molecule has 0 saturated heterocycles. The number of rotatable bonds is 6. The number of benzene rings is 1. The Kier molecular flexibility index (Phi) is 6.61. The average molecular weight is 343 g/mol. The minimum Gasteiger partial charge on any atom is -0.323 e. The van der Waals surface area contributed by atoms with Crippen molar-refractivity contribution in [2.24, 2.45) is 11.5 Å². The summed E-state index contributed by atoms with van der Waals surface area (Å²) in [5.74, 6) is -3.38. The Morgan fingerprint density at radius 3 is 2.09 bits per heavy atom. The van der Waals surface area contributed by atoms with Crippen molar-refractivity contribution < 1.29 is 23.9 Å². The number of nitrogens with two attached hydrogens (primary N) is 2. The Morgan fingerprint density at radius 2 is 1.65 bits per heavy atom. The molecular weight excluding hydrogens is 321 g/mol. The quantitative estimate of drug-likeness (QED) is 0.522. The van der Waals surface area contributed by atoms with E-state index in [1.54, 1.807) is 30.3 Å². The molecule has 0 aromatic heterocycles. The molecule has 0 aliphatic heterocycles. The van der Waals surface area contributed by atoms with E-state index in [1.807, 2.05) is 0 Å². The van der Waals surface area contributed by atoms with Crippen molar-refractivity contribution in [2.45, 2.75) is 38.1 Å². The van der Waals surface area contributed by atoms with Gasteiger partial charge in [-0.15, -0.1) is 0 Å². The smallest absolute Gasteiger partial charge is 0.323 e. The maximum absolute atomic E-state index is 12.5. The van der Waals surface area contributed by atoms with E-state index in [0.29, 0.717) is 4.90 Å². The molecule has 0 heterocycles. The van der Waals surface area contributed by atoms with Crippen LogP contribution in [0, 0.1) is 0 Å². The van der Waals surface area contributed by atoms with E-state index in [4.69, 9.17) is 11.5 Å². The number of carbonyl (C=O) groups excluding carboxylic acids is 2. The Balaban J connectivity index is 3.03. The van der Waals surface area contributed by atoms with Gasteiger partial charge in [-0.25, -0.2) is 0 Å². The van der Waals surface area contributed by atoms with Crippen molar-refractivity contribution in [3.63, 3.8) is 0 Å². The molecule has 0 spiro atoms. The normalized spacial score (nSPS) is 15.6. The molecule has 0 bridgehead atoms. The van der Waals surface area contributed by atoms with E-state index >= 15 is 0 Å². The van der Waals surface area contributed by atoms with Crippen molar-refractivity contribution >= 4 is 19.4 Å². The Morgan fingerprint density at radius 1 is 1.13 bits per heavy atom. The SMILES string of the molecule is C[C@H](N)C(=O)N(C(=O)[C@@H](N)Cc1ccccc1)[C@@H](C)P(=O)(O)O. The Bertz CT molecular complexity index is 602. The lowest BCUT2D eigenvalue weighted by molar-refractivity contribution is -0.147. The van der Waals surface area contributed by atoms with Crippen molar-refractivity contribution in [1.29, 1.82) is 0 Å². The Labute approximate surface area is 134 Å². The van der Waals surface area contributed by atoms with Crippen LogP contribution in [-0.4, -0.2) is 44.4 Å². The molecule has 0 fully saturated rings. The van der Waals surface area contributed by atoms with Gasteiger partial charge in [-0.3, -0.25) is 19.1 Å². The summed E-state index contributed by atoms with van der Waals surface area (Å²) in [6.45, 7) is 2.42. The van der Waals surface area contributed by atoms with Gasteiger partial charge in [-0.05, 0) is 25.8 Å². The van der Waals surface area contributed by atoms with Gasteiger partial charge < -0.3 is 21.3 Å². The summed E-state index contributed by atoms with van der Waals surface area (Å²) in [4.78, 5) is 43.6. The first-order chi connectivity index (χ1) is 10.6. The number of imide groups is 1. The van der Waals surface area contributed by atoms with Gasteiger partial charge in [0.2, 0.25) is 11.8 Å². The standard InChI is InChI=1S/C14H22N3O5P/c1-9(15)13(18)17(10(2)23(20,21)22)14(19)12(16)8-11-6-4-3-5-7-11/h3-7,9-10,12H,8,15-16H2,1-2H3,(H2,20,21,22)/t9-,10+,12-/m0/s1. The number of nitrogens with zero attached hydrogens (tertiary/aromatic N) is 1. The topological polar surface area (TPSA) is 147 Å². The molecule has 9 heteroatoms. The third-order valence-corrected chi connectivity index (χ3v) is 4.54. The van der Waals surface area contributed by atoms with Crippen LogP contribution in [-0.2, 0) is 20.6 Å². The summed E-state index contributed by atoms with van der Waals surface area (Å²) in [6.07, 6.45) is 0.135. The van der Waals surface area contributed by atoms with E-state index < -0.39 is 37.3 Å². The minimum atomic E-state index is -4.71. The van der Waals surface area contributed by atoms with Crippen molar-refractivity contribution in [1.82, 2.24) is 4.90 Å². The molecule has 0 saturated carbocycles. The average Bonchev–Trinajstić information content (AvgIpc) is 2.46. The molecule has 128 valence electrons. The Hall–Kier alpha value is -1.57. The largest absolute Gasteiger partial charge is 0.348 e. The van der Waals surface area contributed by atoms with E-state index in [9.17, 15) is 23.9 Å². The van der Waals surface area contributed by atoms with Crippen molar-refractivity contribution in [3.05, 3.63) is 35.9 Å². The number of carbonyl (C=O) groups is 2. The fourth-order valence-corrected chi connectivity index (χ4v) is 2.51. The highest BCUT2D eigenvalue weighted by atomic mass is 31.2. The second-order valence-corrected chi connectivity index (χ2v) is 7.28. The van der Waals surface area contributed by atoms with Crippen LogP contribution in [0.4, 0.5) is 0 Å². The van der Waals surface area contributed by atoms with Crippen LogP contribution in [0.5, 0.6) is 0 Å². The first-order valence-corrected chi connectivity index (χ1v) is 8.71. The van der Waals surface area contributed by atoms with Gasteiger partial charge in [0.25, 0.3) is 0 Å². The molecule has 1 aromatic carbocycles. The fourth-order valence-electron chi connectivity index (χ4n) is 1.98. The van der Waals surface area contributed by atoms with Gasteiger partial charge in [0.15, 0.2) is 0 Å². The molecule has 0 aliphatic rings. The summed E-state index contributed by atoms with van der Waals surface area (Å²) < 4.78 is 11.5. The summed E-state index contributed by atoms with van der Waals surface area (Å²) in [5, 5.41) is 0. The maximum Gasteiger partial charge on any atom is 0.348 e. The van der Waals surface area contributed by atoms with Gasteiger partial charge >= 0.3 is 7.60 Å². The monoisotopic (exact) mass is 343 g/mol. The van der Waals surface area contributed by atoms with Crippen molar-refractivity contribution in [3.8, 4) is 0 Å². The fraction of sp³-hybridized carbons (Fsp3) is 0.429. The summed E-state index contributed by atoms with van der Waals surface area (Å²) in [5.41, 5.74) is 12.1. The van der Waals surface area contributed by atoms with Crippen LogP contribution in [0.2, 0.25) is 0 Å². The third kappa shape index (κ3) is 5.23. The van der Waals surface area contributed by atoms with Crippen LogP contribution >= 0.6 is 7.60 Å². The first-order valence-electron chi connectivity index (χ1n) is 7.03. The van der Waals surface area contributed by atoms with Crippen LogP contribution < -0.4 is 11.5 Å². The van der Waals surface area contributed by atoms with E-state index in [2.05, 4.69) is 0 Å². The highest BCUT2D eigenvalue weighted by Gasteiger charge is 2.40. The van der Waals surface area contributed by atoms with Crippen LogP contribution in [0.15, 0.2) is 30.3 Å². The van der Waals surface area contributed by atoms with Crippen molar-refractivity contribution in [2.75, 3.05) is 0 Å². The molecule has 6 N–H and O–H groups in total. The molecular formula is C14H22N3O5P. The first kappa shape index (κ1) is 19.5. The number of hydrogen-bond acceptors (Lipinski definition) is 5. The van der Waals surface area contributed by atoms with E-state index in [1.165, 1.54) is 6.92 Å². The van der Waals surface area contributed by atoms with E-state index in [0.717, 1.165) is 12.5 Å². The highest BCUT2D eigenvalue weighted by molar-refractivity contribution is 7.52. The molecule has 1 aromatic rings. The van der Waals surface area contributed by atoms with Crippen LogP contribution in [0.25, 0.3) is 0 Å². The van der Waals surface area contributed by atoms with Crippen LogP contribution in [0.1, 0.15) is 19.4 Å². The molecule has 23 heavy (non-hydrogen) atoms. The lowest BCUT2D eigenvalue weighted by Crippen LogP contribution is -2.55. The zero-order chi connectivity index (χ0) is 17.8. The lowest BCUT2D eigenvalue weighted by Gasteiger charge is -2.31. The predicted molar refractivity (Wildman–Crippen MR) is 85.1 cm³/mol. The lowest BCUT2D eigenvalue weighted by atomic mass is 10.1. The predicted octanol–water partition coefficient (Wildman–Crippen LogP) is -0.217. The third-order valence-electron chi connectivity index (χ3n) is 3.34. The number of hydrogen-bond donors (Lipinski definition) is 4. The maximum atomic E-state index is 12.5. The van der Waals surface area contributed by atoms with Gasteiger partial charge in [-0.1, -0.05) is 30.3 Å². The van der Waals surface area contributed by atoms with Gasteiger partial charge in [0.1, 0.15) is 5.78 Å². The molecule has 3 atom stereocenters. The van der Waals surface area contributed by atoms with Crippen LogP contribution in [0.3, 0.4) is 0 Å². The molecule has 8 nitrogen and oxygen atoms in total. The molecule has 0 radical (unpaired) electrons. The zero-order valence-electron chi connectivity index (χ0n) is 13.0. The minimum absolute atomic E-state index is 0.135. The summed E-state index contributed by atoms with van der Waals surface area (Å²) in [7, 11) is -4.71. The highest BCUT2D eigenvalue weighted by Crippen LogP contribution is 2.43. The zero-order valence-corrected chi connectivity index (χ0v) is 13.9. The molecule has 1 rings (SSSR count). The summed E-state index contributed by atoms with van der Waals surface area (Å²) in [6, 6.07) is 6.67. The second kappa shape index (κ2) is 7.81. The molecule has 0 aliphatic carbocycles. The molecule has 2 amide bonds. The second-order valence-electron chi connectivity index (χ2n) is 5.35. The number of amides is 2. The summed E-state index contributed by atoms with van der Waals surface area (Å²) >= 11 is 0.